The molecule has 3 N–H and O–H groups in total. The minimum atomic E-state index is -0.410. The summed E-state index contributed by atoms with van der Waals surface area (Å²) in [7, 11) is 0. The van der Waals surface area contributed by atoms with E-state index in [9.17, 15) is 15.0 Å². The molecule has 0 unspecified atom stereocenters. The Balaban J connectivity index is 1.53. The zero-order valence-electron chi connectivity index (χ0n) is 13.2. The van der Waals surface area contributed by atoms with Crippen molar-refractivity contribution in [3.05, 3.63) is 66.2 Å². The largest absolute Gasteiger partial charge is 0.504 e. The summed E-state index contributed by atoms with van der Waals surface area (Å²) in [5, 5.41) is 24.5. The molecular formula is C19H16N2O4. The first-order valence-electron chi connectivity index (χ1n) is 7.57. The van der Waals surface area contributed by atoms with Gasteiger partial charge >= 0.3 is 0 Å². The van der Waals surface area contributed by atoms with Crippen molar-refractivity contribution in [1.29, 1.82) is 0 Å². The highest BCUT2D eigenvalue weighted by Crippen LogP contribution is 2.24. The lowest BCUT2D eigenvalue weighted by Crippen LogP contribution is -2.24. The van der Waals surface area contributed by atoms with Gasteiger partial charge in [0.05, 0.1) is 6.21 Å². The molecule has 25 heavy (non-hydrogen) atoms. The normalized spacial score (nSPS) is 10.9. The molecule has 6 heteroatoms. The maximum absolute atomic E-state index is 11.8. The second-order valence-corrected chi connectivity index (χ2v) is 5.34. The third kappa shape index (κ3) is 4.26. The third-order valence-corrected chi connectivity index (χ3v) is 3.49. The molecule has 0 fully saturated rings. The highest BCUT2D eigenvalue weighted by molar-refractivity contribution is 5.85. The summed E-state index contributed by atoms with van der Waals surface area (Å²) < 4.78 is 5.45. The van der Waals surface area contributed by atoms with Crippen LogP contribution in [0, 0.1) is 0 Å². The van der Waals surface area contributed by atoms with Crippen LogP contribution in [0.1, 0.15) is 5.56 Å². The van der Waals surface area contributed by atoms with Gasteiger partial charge in [-0.15, -0.1) is 0 Å². The minimum Gasteiger partial charge on any atom is -0.504 e. The molecule has 0 spiro atoms. The summed E-state index contributed by atoms with van der Waals surface area (Å²) in [6.07, 6.45) is 1.35. The summed E-state index contributed by atoms with van der Waals surface area (Å²) in [5.74, 6) is -0.284. The highest BCUT2D eigenvalue weighted by atomic mass is 16.5. The second-order valence-electron chi connectivity index (χ2n) is 5.34. The van der Waals surface area contributed by atoms with Crippen molar-refractivity contribution in [2.75, 3.05) is 6.61 Å². The number of nitrogens with one attached hydrogen (secondary N) is 1. The van der Waals surface area contributed by atoms with Crippen LogP contribution in [0.2, 0.25) is 0 Å². The molecule has 0 aliphatic heterocycles. The van der Waals surface area contributed by atoms with Crippen LogP contribution in [0.15, 0.2) is 65.8 Å². The first-order valence-corrected chi connectivity index (χ1v) is 7.57. The van der Waals surface area contributed by atoms with Crippen LogP contribution in [-0.2, 0) is 4.79 Å². The molecule has 0 saturated heterocycles. The minimum absolute atomic E-state index is 0.170. The number of hydrogen-bond acceptors (Lipinski definition) is 5. The van der Waals surface area contributed by atoms with Gasteiger partial charge in [0.2, 0.25) is 0 Å². The number of nitrogens with zero attached hydrogens (tertiary/aromatic N) is 1. The van der Waals surface area contributed by atoms with Crippen molar-refractivity contribution in [3.63, 3.8) is 0 Å². The van der Waals surface area contributed by atoms with Gasteiger partial charge in [-0.3, -0.25) is 4.79 Å². The lowest BCUT2D eigenvalue weighted by molar-refractivity contribution is -0.123. The van der Waals surface area contributed by atoms with E-state index in [1.165, 1.54) is 18.3 Å². The van der Waals surface area contributed by atoms with Gasteiger partial charge in [-0.25, -0.2) is 5.43 Å². The number of hydrazone groups is 1. The van der Waals surface area contributed by atoms with Crippen LogP contribution in [0.4, 0.5) is 0 Å². The molecule has 0 heterocycles. The Morgan fingerprint density at radius 3 is 2.60 bits per heavy atom. The van der Waals surface area contributed by atoms with Crippen LogP contribution >= 0.6 is 0 Å². The van der Waals surface area contributed by atoms with Crippen LogP contribution in [0.5, 0.6) is 17.2 Å². The number of ether oxygens (including phenoxy) is 1. The lowest BCUT2D eigenvalue weighted by Gasteiger charge is -2.06. The quantitative estimate of drug-likeness (QED) is 0.379. The zero-order valence-corrected chi connectivity index (χ0v) is 13.2. The van der Waals surface area contributed by atoms with E-state index in [0.29, 0.717) is 11.3 Å². The Bertz CT molecular complexity index is 938. The summed E-state index contributed by atoms with van der Waals surface area (Å²) in [4.78, 5) is 11.8. The number of fused-ring (bicyclic) bond motifs is 1. The maximum atomic E-state index is 11.8. The van der Waals surface area contributed by atoms with Gasteiger partial charge in [0.1, 0.15) is 5.75 Å². The molecule has 3 aromatic rings. The number of hydrogen-bond donors (Lipinski definition) is 3. The third-order valence-electron chi connectivity index (χ3n) is 3.49. The number of phenols is 2. The smallest absolute Gasteiger partial charge is 0.277 e. The molecule has 0 aliphatic carbocycles. The lowest BCUT2D eigenvalue weighted by atomic mass is 10.1. The Labute approximate surface area is 144 Å². The van der Waals surface area contributed by atoms with E-state index in [1.54, 1.807) is 12.1 Å². The van der Waals surface area contributed by atoms with E-state index in [4.69, 9.17) is 4.74 Å². The predicted octanol–water partition coefficient (Wildman–Crippen LogP) is 2.78. The zero-order chi connectivity index (χ0) is 17.6. The second kappa shape index (κ2) is 7.35. The molecule has 126 valence electrons. The van der Waals surface area contributed by atoms with Crippen molar-refractivity contribution in [2.24, 2.45) is 5.10 Å². The molecule has 0 aromatic heterocycles. The molecule has 3 aromatic carbocycles. The molecule has 0 radical (unpaired) electrons. The van der Waals surface area contributed by atoms with E-state index in [-0.39, 0.29) is 18.1 Å². The average Bonchev–Trinajstić information content (AvgIpc) is 2.63. The van der Waals surface area contributed by atoms with E-state index in [2.05, 4.69) is 10.5 Å². The van der Waals surface area contributed by atoms with Crippen molar-refractivity contribution >= 4 is 22.9 Å². The average molecular weight is 336 g/mol. The fourth-order valence-corrected chi connectivity index (χ4v) is 2.24. The summed E-state index contributed by atoms with van der Waals surface area (Å²) >= 11 is 0. The van der Waals surface area contributed by atoms with Crippen molar-refractivity contribution < 1.29 is 19.7 Å². The van der Waals surface area contributed by atoms with Gasteiger partial charge in [-0.05, 0) is 46.7 Å². The van der Waals surface area contributed by atoms with Gasteiger partial charge in [-0.1, -0.05) is 30.3 Å². The molecule has 0 atom stereocenters. The van der Waals surface area contributed by atoms with Crippen LogP contribution in [0.3, 0.4) is 0 Å². The fraction of sp³-hybridized carbons (Fsp3) is 0.0526. The summed E-state index contributed by atoms with van der Waals surface area (Å²) in [6.45, 7) is -0.170. The number of carbonyl (C=O) groups is 1. The number of benzene rings is 3. The Morgan fingerprint density at radius 2 is 1.80 bits per heavy atom. The SMILES string of the molecule is O=C(COc1ccc2ccccc2c1)NN=Cc1ccc(O)c(O)c1. The van der Waals surface area contributed by atoms with Gasteiger partial charge in [0.15, 0.2) is 18.1 Å². The molecule has 0 aliphatic rings. The first-order chi connectivity index (χ1) is 12.1. The molecule has 3 rings (SSSR count). The van der Waals surface area contributed by atoms with Gasteiger partial charge in [0.25, 0.3) is 5.91 Å². The van der Waals surface area contributed by atoms with Crippen molar-refractivity contribution in [3.8, 4) is 17.2 Å². The van der Waals surface area contributed by atoms with E-state index < -0.39 is 5.91 Å². The van der Waals surface area contributed by atoms with Gasteiger partial charge in [0, 0.05) is 0 Å². The van der Waals surface area contributed by atoms with Crippen molar-refractivity contribution in [2.45, 2.75) is 0 Å². The van der Waals surface area contributed by atoms with E-state index >= 15 is 0 Å². The standard InChI is InChI=1S/C19H16N2O4/c22-17-8-5-13(9-18(17)23)11-20-21-19(24)12-25-16-7-6-14-3-1-2-4-15(14)10-16/h1-11,22-23H,12H2,(H,21,24). The molecule has 1 amide bonds. The number of aromatic hydroxyl groups is 2. The molecule has 6 nitrogen and oxygen atoms in total. The fourth-order valence-electron chi connectivity index (χ4n) is 2.24. The highest BCUT2D eigenvalue weighted by Gasteiger charge is 2.03. The Hall–Kier alpha value is -3.54. The first kappa shape index (κ1) is 16.3. The molecular weight excluding hydrogens is 320 g/mol. The maximum Gasteiger partial charge on any atom is 0.277 e. The van der Waals surface area contributed by atoms with Crippen molar-refractivity contribution in [1.82, 2.24) is 5.43 Å². The van der Waals surface area contributed by atoms with Crippen LogP contribution in [-0.4, -0.2) is 28.9 Å². The summed E-state index contributed by atoms with van der Waals surface area (Å²) in [5.41, 5.74) is 2.87. The Morgan fingerprint density at radius 1 is 1.00 bits per heavy atom. The van der Waals surface area contributed by atoms with Gasteiger partial charge in [-0.2, -0.15) is 5.10 Å². The van der Waals surface area contributed by atoms with E-state index in [1.807, 2.05) is 36.4 Å². The number of rotatable bonds is 5. The number of carbonyl (C=O) groups excluding carboxylic acids is 1. The monoisotopic (exact) mass is 336 g/mol. The van der Waals surface area contributed by atoms with E-state index in [0.717, 1.165) is 10.8 Å². The molecule has 0 saturated carbocycles. The van der Waals surface area contributed by atoms with Crippen LogP contribution < -0.4 is 10.2 Å². The van der Waals surface area contributed by atoms with Crippen LogP contribution in [0.25, 0.3) is 10.8 Å². The number of phenolic OH excluding ortho intramolecular Hbond substituents is 2. The number of amides is 1. The Kier molecular flexibility index (Phi) is 4.80. The van der Waals surface area contributed by atoms with Gasteiger partial charge < -0.3 is 14.9 Å². The molecule has 0 bridgehead atoms. The topological polar surface area (TPSA) is 91.2 Å². The summed E-state index contributed by atoms with van der Waals surface area (Å²) in [6, 6.07) is 17.7. The predicted molar refractivity (Wildman–Crippen MR) is 95.0 cm³/mol.